The molecule has 0 spiro atoms. The van der Waals surface area contributed by atoms with E-state index < -0.39 is 4.92 Å². The van der Waals surface area contributed by atoms with Gasteiger partial charge in [-0.1, -0.05) is 17.7 Å². The Bertz CT molecular complexity index is 631. The lowest BCUT2D eigenvalue weighted by Crippen LogP contribution is -2.02. The normalized spacial score (nSPS) is 10.2. The van der Waals surface area contributed by atoms with Crippen LogP contribution in [-0.4, -0.2) is 19.9 Å². The van der Waals surface area contributed by atoms with Crippen molar-refractivity contribution in [1.82, 2.24) is 15.0 Å². The van der Waals surface area contributed by atoms with E-state index in [4.69, 9.17) is 33.7 Å². The van der Waals surface area contributed by atoms with Crippen molar-refractivity contribution in [3.05, 3.63) is 38.6 Å². The lowest BCUT2D eigenvalue weighted by atomic mass is 10.3. The molecule has 10 heteroatoms. The van der Waals surface area contributed by atoms with Gasteiger partial charge in [0.25, 0.3) is 0 Å². The topological polar surface area (TPSA) is 117 Å². The SMILES string of the molecule is Nc1nc(Cl)nc(Oc2c(Cl)cccc2[N+](=O)[O-])n1. The number of nitrogens with two attached hydrogens (primary N) is 1. The minimum absolute atomic E-state index is 0.0318. The Balaban J connectivity index is 2.45. The van der Waals surface area contributed by atoms with E-state index in [1.807, 2.05) is 0 Å². The molecule has 0 aliphatic heterocycles. The summed E-state index contributed by atoms with van der Waals surface area (Å²) in [6, 6.07) is 3.79. The highest BCUT2D eigenvalue weighted by molar-refractivity contribution is 6.32. The molecule has 0 fully saturated rings. The van der Waals surface area contributed by atoms with Gasteiger partial charge in [0.05, 0.1) is 9.95 Å². The van der Waals surface area contributed by atoms with Gasteiger partial charge in [0.2, 0.25) is 17.0 Å². The van der Waals surface area contributed by atoms with Crippen molar-refractivity contribution < 1.29 is 9.66 Å². The maximum absolute atomic E-state index is 10.9. The van der Waals surface area contributed by atoms with Crippen molar-refractivity contribution in [2.24, 2.45) is 0 Å². The van der Waals surface area contributed by atoms with Gasteiger partial charge in [-0.3, -0.25) is 10.1 Å². The maximum atomic E-state index is 10.9. The Kier molecular flexibility index (Phi) is 3.63. The van der Waals surface area contributed by atoms with Crippen LogP contribution in [0.1, 0.15) is 0 Å². The molecule has 8 nitrogen and oxygen atoms in total. The van der Waals surface area contributed by atoms with Gasteiger partial charge in [0.15, 0.2) is 0 Å². The van der Waals surface area contributed by atoms with E-state index in [1.165, 1.54) is 18.2 Å². The first-order valence-corrected chi connectivity index (χ1v) is 5.51. The monoisotopic (exact) mass is 301 g/mol. The van der Waals surface area contributed by atoms with Crippen LogP contribution in [0.3, 0.4) is 0 Å². The first-order valence-electron chi connectivity index (χ1n) is 4.75. The highest BCUT2D eigenvalue weighted by Gasteiger charge is 2.20. The summed E-state index contributed by atoms with van der Waals surface area (Å²) in [6.45, 7) is 0. The van der Waals surface area contributed by atoms with Crippen molar-refractivity contribution in [1.29, 1.82) is 0 Å². The molecule has 1 heterocycles. The summed E-state index contributed by atoms with van der Waals surface area (Å²) in [7, 11) is 0. The zero-order chi connectivity index (χ0) is 14.0. The van der Waals surface area contributed by atoms with Gasteiger partial charge in [-0.15, -0.1) is 0 Å². The second-order valence-electron chi connectivity index (χ2n) is 3.19. The molecule has 0 aliphatic carbocycles. The maximum Gasteiger partial charge on any atom is 0.328 e. The highest BCUT2D eigenvalue weighted by Crippen LogP contribution is 2.36. The van der Waals surface area contributed by atoms with E-state index in [0.29, 0.717) is 0 Å². The van der Waals surface area contributed by atoms with E-state index in [1.54, 1.807) is 0 Å². The Hall–Kier alpha value is -2.19. The van der Waals surface area contributed by atoms with Crippen LogP contribution in [0.4, 0.5) is 11.6 Å². The van der Waals surface area contributed by atoms with Crippen molar-refractivity contribution in [3.63, 3.8) is 0 Å². The molecule has 2 N–H and O–H groups in total. The second kappa shape index (κ2) is 5.21. The molecule has 1 aromatic carbocycles. The van der Waals surface area contributed by atoms with Gasteiger partial charge in [-0.05, 0) is 17.7 Å². The number of ether oxygens (including phenoxy) is 1. The van der Waals surface area contributed by atoms with Gasteiger partial charge in [0, 0.05) is 6.07 Å². The fourth-order valence-electron chi connectivity index (χ4n) is 1.23. The predicted octanol–water partition coefficient (Wildman–Crippen LogP) is 2.46. The molecule has 1 aromatic heterocycles. The van der Waals surface area contributed by atoms with Crippen LogP contribution >= 0.6 is 23.2 Å². The quantitative estimate of drug-likeness (QED) is 0.683. The van der Waals surface area contributed by atoms with Crippen LogP contribution in [0.2, 0.25) is 10.3 Å². The molecular formula is C9H5Cl2N5O3. The smallest absolute Gasteiger partial charge is 0.328 e. The largest absolute Gasteiger partial charge is 0.415 e. The molecule has 0 saturated heterocycles. The van der Waals surface area contributed by atoms with Gasteiger partial charge in [-0.25, -0.2) is 0 Å². The summed E-state index contributed by atoms with van der Waals surface area (Å²) in [4.78, 5) is 21.0. The first-order chi connectivity index (χ1) is 8.97. The zero-order valence-corrected chi connectivity index (χ0v) is 10.6. The van der Waals surface area contributed by atoms with Gasteiger partial charge in [-0.2, -0.15) is 15.0 Å². The number of nitro benzene ring substituents is 1. The Morgan fingerprint density at radius 2 is 2.00 bits per heavy atom. The summed E-state index contributed by atoms with van der Waals surface area (Å²) in [6.07, 6.45) is 0. The van der Waals surface area contributed by atoms with E-state index in [0.717, 1.165) is 0 Å². The van der Waals surface area contributed by atoms with Crippen LogP contribution in [0.15, 0.2) is 18.2 Å². The van der Waals surface area contributed by atoms with Crippen molar-refractivity contribution in [3.8, 4) is 11.8 Å². The molecule has 2 aromatic rings. The van der Waals surface area contributed by atoms with Crippen LogP contribution < -0.4 is 10.5 Å². The van der Waals surface area contributed by atoms with Crippen LogP contribution in [0, 0.1) is 10.1 Å². The molecule has 19 heavy (non-hydrogen) atoms. The number of nitrogens with zero attached hydrogens (tertiary/aromatic N) is 4. The van der Waals surface area contributed by atoms with Gasteiger partial charge < -0.3 is 10.5 Å². The molecule has 0 saturated carbocycles. The third-order valence-corrected chi connectivity index (χ3v) is 2.41. The third-order valence-electron chi connectivity index (χ3n) is 1.94. The van der Waals surface area contributed by atoms with Gasteiger partial charge >= 0.3 is 11.7 Å². The number of nitro groups is 1. The van der Waals surface area contributed by atoms with Crippen LogP contribution in [-0.2, 0) is 0 Å². The van der Waals surface area contributed by atoms with Crippen LogP contribution in [0.25, 0.3) is 0 Å². The Morgan fingerprint density at radius 1 is 1.26 bits per heavy atom. The number of halogens is 2. The number of rotatable bonds is 3. The minimum Gasteiger partial charge on any atom is -0.415 e. The standard InChI is InChI=1S/C9H5Cl2N5O3/c10-4-2-1-3-5(16(17)18)6(4)19-9-14-7(11)13-8(12)15-9/h1-3H,(H2,12,13,14,15). The third kappa shape index (κ3) is 2.98. The molecule has 0 amide bonds. The predicted molar refractivity (Wildman–Crippen MR) is 67.4 cm³/mol. The molecule has 0 radical (unpaired) electrons. The Labute approximate surface area is 116 Å². The average molecular weight is 302 g/mol. The lowest BCUT2D eigenvalue weighted by molar-refractivity contribution is -0.385. The lowest BCUT2D eigenvalue weighted by Gasteiger charge is -2.06. The second-order valence-corrected chi connectivity index (χ2v) is 3.94. The van der Waals surface area contributed by atoms with Gasteiger partial charge in [0.1, 0.15) is 0 Å². The first kappa shape index (κ1) is 13.2. The van der Waals surface area contributed by atoms with Crippen molar-refractivity contribution in [2.75, 3.05) is 5.73 Å². The number of benzene rings is 1. The highest BCUT2D eigenvalue weighted by atomic mass is 35.5. The number of para-hydroxylation sites is 1. The molecule has 2 rings (SSSR count). The average Bonchev–Trinajstić information content (AvgIpc) is 2.30. The molecular weight excluding hydrogens is 297 g/mol. The van der Waals surface area contributed by atoms with E-state index in [2.05, 4.69) is 15.0 Å². The minimum atomic E-state index is -0.645. The number of hydrogen-bond acceptors (Lipinski definition) is 7. The number of anilines is 1. The number of nitrogen functional groups attached to an aromatic ring is 1. The molecule has 0 aliphatic rings. The molecule has 0 unspecified atom stereocenters. The van der Waals surface area contributed by atoms with Crippen molar-refractivity contribution in [2.45, 2.75) is 0 Å². The van der Waals surface area contributed by atoms with Crippen LogP contribution in [0.5, 0.6) is 11.8 Å². The molecule has 0 atom stereocenters. The summed E-state index contributed by atoms with van der Waals surface area (Å²) in [5, 5.41) is 10.7. The molecule has 0 bridgehead atoms. The van der Waals surface area contributed by atoms with Crippen molar-refractivity contribution >= 4 is 34.8 Å². The van der Waals surface area contributed by atoms with E-state index >= 15 is 0 Å². The summed E-state index contributed by atoms with van der Waals surface area (Å²) < 4.78 is 5.16. The summed E-state index contributed by atoms with van der Waals surface area (Å²) in [5.74, 6) is -0.375. The fraction of sp³-hybridized carbons (Fsp3) is 0. The Morgan fingerprint density at radius 3 is 2.63 bits per heavy atom. The number of aromatic nitrogens is 3. The van der Waals surface area contributed by atoms with E-state index in [-0.39, 0.29) is 33.7 Å². The summed E-state index contributed by atoms with van der Waals surface area (Å²) in [5.41, 5.74) is 5.02. The fourth-order valence-corrected chi connectivity index (χ4v) is 1.59. The zero-order valence-electron chi connectivity index (χ0n) is 9.08. The number of hydrogen-bond donors (Lipinski definition) is 1. The molecule has 98 valence electrons. The summed E-state index contributed by atoms with van der Waals surface area (Å²) >= 11 is 11.4. The van der Waals surface area contributed by atoms with E-state index in [9.17, 15) is 10.1 Å².